The van der Waals surface area contributed by atoms with E-state index in [0.717, 1.165) is 27.7 Å². The number of pyridine rings is 1. The van der Waals surface area contributed by atoms with Gasteiger partial charge in [0.15, 0.2) is 0 Å². The highest BCUT2D eigenvalue weighted by Crippen LogP contribution is 2.27. The summed E-state index contributed by atoms with van der Waals surface area (Å²) in [5.41, 5.74) is 1.95. The number of alkyl halides is 1. The molecule has 0 aliphatic carbocycles. The molecule has 1 atom stereocenters. The lowest BCUT2D eigenvalue weighted by atomic mass is 10.2. The van der Waals surface area contributed by atoms with Crippen LogP contribution in [0.4, 0.5) is 5.69 Å². The molecule has 0 radical (unpaired) electrons. The van der Waals surface area contributed by atoms with Crippen LogP contribution in [0.25, 0.3) is 0 Å². The molecule has 0 N–H and O–H groups in total. The summed E-state index contributed by atoms with van der Waals surface area (Å²) in [5, 5.41) is 0.873. The van der Waals surface area contributed by atoms with Crippen molar-refractivity contribution in [2.24, 2.45) is 5.92 Å². The second-order valence-electron chi connectivity index (χ2n) is 4.03. The number of hydrogen-bond donors (Lipinski definition) is 0. The zero-order chi connectivity index (χ0) is 11.7. The first-order chi connectivity index (χ1) is 7.61. The second kappa shape index (κ2) is 4.84. The molecule has 0 bridgehead atoms. The summed E-state index contributed by atoms with van der Waals surface area (Å²) in [4.78, 5) is 17.8. The number of aryl methyl sites for hydroxylation is 1. The second-order valence-corrected chi connectivity index (χ2v) is 5.43. The van der Waals surface area contributed by atoms with E-state index in [2.05, 4.69) is 36.8 Å². The third-order valence-corrected chi connectivity index (χ3v) is 4.48. The van der Waals surface area contributed by atoms with Crippen LogP contribution < -0.4 is 4.90 Å². The molecule has 1 aliphatic heterocycles. The molecule has 1 aromatic rings. The number of aromatic nitrogens is 1. The van der Waals surface area contributed by atoms with Crippen molar-refractivity contribution in [3.63, 3.8) is 0 Å². The summed E-state index contributed by atoms with van der Waals surface area (Å²) in [6.07, 6.45) is 2.37. The molecule has 1 unspecified atom stereocenters. The highest BCUT2D eigenvalue weighted by molar-refractivity contribution is 9.10. The number of amides is 1. The number of anilines is 1. The Kier molecular flexibility index (Phi) is 3.64. The number of carbonyl (C=O) groups excluding carboxylic acids is 1. The Balaban J connectivity index is 2.24. The summed E-state index contributed by atoms with van der Waals surface area (Å²) in [6.45, 7) is 2.76. The Hall–Kier alpha value is -0.420. The summed E-state index contributed by atoms with van der Waals surface area (Å²) in [6, 6.07) is 1.99. The van der Waals surface area contributed by atoms with E-state index < -0.39 is 0 Å². The molecular formula is C11H12Br2N2O. The van der Waals surface area contributed by atoms with Gasteiger partial charge in [-0.3, -0.25) is 4.79 Å². The standard InChI is InChI=1S/C11H12Br2N2O/c1-7-2-9(5-14-11(7)13)15-6-8(4-12)3-10(15)16/h2,5,8H,3-4,6H2,1H3. The topological polar surface area (TPSA) is 33.2 Å². The Bertz CT molecular complexity index is 422. The van der Waals surface area contributed by atoms with E-state index in [-0.39, 0.29) is 5.91 Å². The Morgan fingerprint density at radius 2 is 2.38 bits per heavy atom. The van der Waals surface area contributed by atoms with Crippen molar-refractivity contribution in [3.05, 3.63) is 22.4 Å². The van der Waals surface area contributed by atoms with Crippen LogP contribution in [0.2, 0.25) is 0 Å². The fourth-order valence-corrected chi connectivity index (χ4v) is 2.48. The Morgan fingerprint density at radius 3 is 2.94 bits per heavy atom. The van der Waals surface area contributed by atoms with Crippen molar-refractivity contribution in [3.8, 4) is 0 Å². The maximum atomic E-state index is 11.8. The van der Waals surface area contributed by atoms with E-state index >= 15 is 0 Å². The maximum Gasteiger partial charge on any atom is 0.227 e. The lowest BCUT2D eigenvalue weighted by molar-refractivity contribution is -0.117. The van der Waals surface area contributed by atoms with Crippen molar-refractivity contribution in [2.75, 3.05) is 16.8 Å². The number of carbonyl (C=O) groups is 1. The predicted octanol–water partition coefficient (Wildman–Crippen LogP) is 2.90. The van der Waals surface area contributed by atoms with E-state index in [1.165, 1.54) is 0 Å². The molecule has 3 nitrogen and oxygen atoms in total. The molecule has 1 fully saturated rings. The van der Waals surface area contributed by atoms with Gasteiger partial charge in [-0.25, -0.2) is 4.98 Å². The summed E-state index contributed by atoms with van der Waals surface area (Å²) in [7, 11) is 0. The first kappa shape index (κ1) is 12.0. The molecule has 2 rings (SSSR count). The molecule has 2 heterocycles. The largest absolute Gasteiger partial charge is 0.311 e. The Morgan fingerprint density at radius 1 is 1.62 bits per heavy atom. The van der Waals surface area contributed by atoms with Gasteiger partial charge in [0.25, 0.3) is 0 Å². The minimum atomic E-state index is 0.188. The van der Waals surface area contributed by atoms with Crippen molar-refractivity contribution >= 4 is 43.5 Å². The van der Waals surface area contributed by atoms with E-state index in [1.807, 2.05) is 17.9 Å². The van der Waals surface area contributed by atoms with Gasteiger partial charge >= 0.3 is 0 Å². The van der Waals surface area contributed by atoms with Gasteiger partial charge in [-0.15, -0.1) is 0 Å². The normalized spacial score (nSPS) is 20.6. The molecule has 5 heteroatoms. The smallest absolute Gasteiger partial charge is 0.227 e. The summed E-state index contributed by atoms with van der Waals surface area (Å²) < 4.78 is 0.833. The average molecular weight is 348 g/mol. The fourth-order valence-electron chi connectivity index (χ4n) is 1.83. The molecule has 0 saturated carbocycles. The lowest BCUT2D eigenvalue weighted by Crippen LogP contribution is -2.24. The minimum absolute atomic E-state index is 0.188. The van der Waals surface area contributed by atoms with Crippen LogP contribution >= 0.6 is 31.9 Å². The third-order valence-electron chi connectivity index (χ3n) is 2.73. The minimum Gasteiger partial charge on any atom is -0.311 e. The van der Waals surface area contributed by atoms with Crippen LogP contribution in [0.3, 0.4) is 0 Å². The first-order valence-corrected chi connectivity index (χ1v) is 7.01. The van der Waals surface area contributed by atoms with Gasteiger partial charge in [0, 0.05) is 18.3 Å². The highest BCUT2D eigenvalue weighted by Gasteiger charge is 2.30. The van der Waals surface area contributed by atoms with Gasteiger partial charge in [-0.2, -0.15) is 0 Å². The van der Waals surface area contributed by atoms with Crippen LogP contribution in [0, 0.1) is 12.8 Å². The van der Waals surface area contributed by atoms with Crippen molar-refractivity contribution in [1.29, 1.82) is 0 Å². The molecule has 86 valence electrons. The van der Waals surface area contributed by atoms with Crippen LogP contribution in [0.15, 0.2) is 16.9 Å². The van der Waals surface area contributed by atoms with Crippen molar-refractivity contribution in [2.45, 2.75) is 13.3 Å². The molecule has 0 aromatic carbocycles. The number of hydrogen-bond acceptors (Lipinski definition) is 2. The van der Waals surface area contributed by atoms with E-state index in [4.69, 9.17) is 0 Å². The van der Waals surface area contributed by atoms with Crippen molar-refractivity contribution in [1.82, 2.24) is 4.98 Å². The molecule has 1 saturated heterocycles. The van der Waals surface area contributed by atoms with Gasteiger partial charge < -0.3 is 4.90 Å². The zero-order valence-corrected chi connectivity index (χ0v) is 12.1. The van der Waals surface area contributed by atoms with E-state index in [9.17, 15) is 4.79 Å². The quantitative estimate of drug-likeness (QED) is 0.608. The van der Waals surface area contributed by atoms with Gasteiger partial charge in [0.1, 0.15) is 4.60 Å². The van der Waals surface area contributed by atoms with E-state index in [1.54, 1.807) is 6.20 Å². The van der Waals surface area contributed by atoms with Crippen LogP contribution in [0.1, 0.15) is 12.0 Å². The van der Waals surface area contributed by atoms with Gasteiger partial charge in [0.05, 0.1) is 11.9 Å². The lowest BCUT2D eigenvalue weighted by Gasteiger charge is -2.16. The van der Waals surface area contributed by atoms with Gasteiger partial charge in [-0.05, 0) is 40.4 Å². The van der Waals surface area contributed by atoms with Gasteiger partial charge in [-0.1, -0.05) is 15.9 Å². The maximum absolute atomic E-state index is 11.8. The van der Waals surface area contributed by atoms with Crippen LogP contribution in [-0.2, 0) is 4.79 Å². The molecule has 1 amide bonds. The molecule has 1 aliphatic rings. The number of halogens is 2. The Labute approximate surface area is 111 Å². The summed E-state index contributed by atoms with van der Waals surface area (Å²) in [5.74, 6) is 0.601. The molecular weight excluding hydrogens is 336 g/mol. The van der Waals surface area contributed by atoms with Crippen molar-refractivity contribution < 1.29 is 4.79 Å². The number of rotatable bonds is 2. The highest BCUT2D eigenvalue weighted by atomic mass is 79.9. The van der Waals surface area contributed by atoms with E-state index in [0.29, 0.717) is 12.3 Å². The number of nitrogens with zero attached hydrogens (tertiary/aromatic N) is 2. The molecule has 0 spiro atoms. The SMILES string of the molecule is Cc1cc(N2CC(CBr)CC2=O)cnc1Br. The molecule has 16 heavy (non-hydrogen) atoms. The fraction of sp³-hybridized carbons (Fsp3) is 0.455. The molecule has 1 aromatic heterocycles. The first-order valence-electron chi connectivity index (χ1n) is 5.10. The third kappa shape index (κ3) is 2.30. The zero-order valence-electron chi connectivity index (χ0n) is 8.91. The summed E-state index contributed by atoms with van der Waals surface area (Å²) >= 11 is 6.78. The monoisotopic (exact) mass is 346 g/mol. The van der Waals surface area contributed by atoms with Gasteiger partial charge in [0.2, 0.25) is 5.91 Å². The average Bonchev–Trinajstić information content (AvgIpc) is 2.64. The van der Waals surface area contributed by atoms with Crippen LogP contribution in [0.5, 0.6) is 0 Å². The predicted molar refractivity (Wildman–Crippen MR) is 70.9 cm³/mol. The van der Waals surface area contributed by atoms with Crippen LogP contribution in [-0.4, -0.2) is 22.8 Å².